The van der Waals surface area contributed by atoms with Gasteiger partial charge in [0.25, 0.3) is 0 Å². The molecule has 3 aromatic carbocycles. The first-order valence-corrected chi connectivity index (χ1v) is 12.9. The lowest BCUT2D eigenvalue weighted by atomic mass is 9.86. The van der Waals surface area contributed by atoms with Crippen molar-refractivity contribution in [2.75, 3.05) is 0 Å². The molecule has 2 atom stereocenters. The summed E-state index contributed by atoms with van der Waals surface area (Å²) in [5.41, 5.74) is -17.1. The molecule has 3 aromatic rings. The van der Waals surface area contributed by atoms with Crippen LogP contribution in [0.1, 0.15) is 44.5 Å². The molecule has 1 fully saturated rings. The number of hydrogen-bond acceptors (Lipinski definition) is 4. The standard InChI is InChI=1S/C31H8F12N4/c32-28(33,34)12-1-17-24(11(7-44)8-45)14-5-16-18(6-15(14)25(17)20(3-12)30(38,39)40)27(22(9-46)23(27)10-47)19-2-13(29(35,36)37)4-21(26(16)19)31(41,42)43/h1-6,22-23H. The summed E-state index contributed by atoms with van der Waals surface area (Å²) in [5, 5.41) is 39.0. The van der Waals surface area contributed by atoms with Gasteiger partial charge in [-0.25, -0.2) is 0 Å². The number of hydrogen-bond donors (Lipinski definition) is 0. The molecule has 0 heterocycles. The SMILES string of the molecule is N#CC(C#N)=C1c2cc3c(cc2-c2c1cc(C(F)(F)F)cc2C(F)(F)F)C1(c2cc(C(F)(F)F)cc(C(F)(F)F)c2-3)C(C#N)C1C#N. The number of allylic oxidation sites excluding steroid dienone is 1. The molecule has 3 aliphatic carbocycles. The molecule has 0 aromatic heterocycles. The van der Waals surface area contributed by atoms with Crippen LogP contribution in [-0.2, 0) is 30.1 Å². The maximum absolute atomic E-state index is 14.5. The molecule has 1 spiro atoms. The van der Waals surface area contributed by atoms with E-state index in [1.165, 1.54) is 12.1 Å². The second-order valence-corrected chi connectivity index (χ2v) is 10.9. The summed E-state index contributed by atoms with van der Waals surface area (Å²) in [5.74, 6) is -3.15. The van der Waals surface area contributed by atoms with E-state index < -0.39 is 120 Å². The number of nitrogens with zero attached hydrogens (tertiary/aromatic N) is 4. The third-order valence-corrected chi connectivity index (χ3v) is 8.63. The number of rotatable bonds is 0. The fourth-order valence-corrected chi connectivity index (χ4v) is 6.83. The molecule has 6 rings (SSSR count). The molecule has 4 nitrogen and oxygen atoms in total. The van der Waals surface area contributed by atoms with Crippen LogP contribution in [0.4, 0.5) is 52.7 Å². The van der Waals surface area contributed by atoms with Crippen LogP contribution in [0.25, 0.3) is 27.8 Å². The lowest BCUT2D eigenvalue weighted by molar-refractivity contribution is -0.144. The summed E-state index contributed by atoms with van der Waals surface area (Å²) < 4.78 is 170. The first kappa shape index (κ1) is 31.5. The zero-order chi connectivity index (χ0) is 34.8. The molecule has 0 aliphatic heterocycles. The molecule has 0 bridgehead atoms. The van der Waals surface area contributed by atoms with Gasteiger partial charge in [-0.2, -0.15) is 73.7 Å². The fraction of sp³-hybridized carbons (Fsp3) is 0.226. The molecule has 1 saturated carbocycles. The summed E-state index contributed by atoms with van der Waals surface area (Å²) in [6.45, 7) is 0. The Bertz CT molecular complexity index is 2120. The van der Waals surface area contributed by atoms with Gasteiger partial charge in [-0.1, -0.05) is 0 Å². The lowest BCUT2D eigenvalue weighted by Gasteiger charge is -2.19. The molecular formula is C31H8F12N4. The van der Waals surface area contributed by atoms with Crippen molar-refractivity contribution in [1.82, 2.24) is 0 Å². The Kier molecular flexibility index (Phi) is 6.23. The van der Waals surface area contributed by atoms with E-state index in [-0.39, 0.29) is 18.2 Å². The maximum Gasteiger partial charge on any atom is 0.417 e. The molecule has 47 heavy (non-hydrogen) atoms. The highest BCUT2D eigenvalue weighted by Gasteiger charge is 2.72. The minimum absolute atomic E-state index is 0.209. The third-order valence-electron chi connectivity index (χ3n) is 8.63. The van der Waals surface area contributed by atoms with Crippen molar-refractivity contribution in [2.24, 2.45) is 11.8 Å². The van der Waals surface area contributed by atoms with E-state index in [0.29, 0.717) is 6.07 Å². The summed E-state index contributed by atoms with van der Waals surface area (Å²) in [6.07, 6.45) is -21.7. The van der Waals surface area contributed by atoms with E-state index in [2.05, 4.69) is 0 Å². The van der Waals surface area contributed by atoms with Crippen LogP contribution >= 0.6 is 0 Å². The van der Waals surface area contributed by atoms with E-state index in [1.54, 1.807) is 12.1 Å². The van der Waals surface area contributed by atoms with Crippen molar-refractivity contribution in [3.8, 4) is 46.5 Å². The average molecular weight is 664 g/mol. The monoisotopic (exact) mass is 664 g/mol. The Balaban J connectivity index is 1.83. The molecule has 236 valence electrons. The molecule has 16 heteroatoms. The Hall–Kier alpha value is -5.48. The second kappa shape index (κ2) is 9.29. The van der Waals surface area contributed by atoms with Gasteiger partial charge >= 0.3 is 24.7 Å². The van der Waals surface area contributed by atoms with Crippen LogP contribution in [0, 0.1) is 57.2 Å². The number of nitriles is 4. The third kappa shape index (κ3) is 4.14. The molecule has 3 aliphatic rings. The van der Waals surface area contributed by atoms with Gasteiger partial charge in [0, 0.05) is 11.1 Å². The fourth-order valence-electron chi connectivity index (χ4n) is 6.83. The van der Waals surface area contributed by atoms with Gasteiger partial charge in [-0.05, 0) is 75.3 Å². The van der Waals surface area contributed by atoms with Crippen molar-refractivity contribution in [2.45, 2.75) is 30.1 Å². The van der Waals surface area contributed by atoms with E-state index >= 15 is 0 Å². The highest BCUT2D eigenvalue weighted by molar-refractivity contribution is 6.07. The van der Waals surface area contributed by atoms with Gasteiger partial charge in [0.1, 0.15) is 17.7 Å². The Morgan fingerprint density at radius 2 is 1.00 bits per heavy atom. The number of halogens is 12. The van der Waals surface area contributed by atoms with Gasteiger partial charge in [0.2, 0.25) is 0 Å². The smallest absolute Gasteiger partial charge is 0.198 e. The van der Waals surface area contributed by atoms with Gasteiger partial charge in [-0.15, -0.1) is 0 Å². The van der Waals surface area contributed by atoms with Gasteiger partial charge < -0.3 is 0 Å². The van der Waals surface area contributed by atoms with Crippen LogP contribution in [0.15, 0.2) is 42.0 Å². The van der Waals surface area contributed by atoms with E-state index in [0.717, 1.165) is 12.1 Å². The van der Waals surface area contributed by atoms with Crippen LogP contribution < -0.4 is 0 Å². The first-order valence-electron chi connectivity index (χ1n) is 12.9. The minimum Gasteiger partial charge on any atom is -0.198 e. The predicted molar refractivity (Wildman–Crippen MR) is 134 cm³/mol. The Morgan fingerprint density at radius 3 is 1.45 bits per heavy atom. The van der Waals surface area contributed by atoms with Crippen molar-refractivity contribution >= 4 is 5.57 Å². The van der Waals surface area contributed by atoms with Crippen molar-refractivity contribution in [3.05, 3.63) is 86.5 Å². The topological polar surface area (TPSA) is 95.2 Å². The summed E-state index contributed by atoms with van der Waals surface area (Å²) >= 11 is 0. The molecular weight excluding hydrogens is 656 g/mol. The number of benzene rings is 3. The highest BCUT2D eigenvalue weighted by atomic mass is 19.4. The summed E-state index contributed by atoms with van der Waals surface area (Å²) in [6, 6.07) is 7.76. The zero-order valence-corrected chi connectivity index (χ0v) is 22.4. The molecule has 0 radical (unpaired) electrons. The van der Waals surface area contributed by atoms with E-state index in [9.17, 15) is 73.7 Å². The summed E-state index contributed by atoms with van der Waals surface area (Å²) in [4.78, 5) is 0. The molecule has 2 unspecified atom stereocenters. The number of alkyl halides is 12. The quantitative estimate of drug-likeness (QED) is 0.138. The van der Waals surface area contributed by atoms with Crippen LogP contribution in [0.2, 0.25) is 0 Å². The van der Waals surface area contributed by atoms with Crippen LogP contribution in [0.5, 0.6) is 0 Å². The van der Waals surface area contributed by atoms with Crippen LogP contribution in [0.3, 0.4) is 0 Å². The second-order valence-electron chi connectivity index (χ2n) is 10.9. The highest BCUT2D eigenvalue weighted by Crippen LogP contribution is 2.72. The molecule has 0 saturated heterocycles. The summed E-state index contributed by atoms with van der Waals surface area (Å²) in [7, 11) is 0. The van der Waals surface area contributed by atoms with Crippen LogP contribution in [-0.4, -0.2) is 0 Å². The Morgan fingerprint density at radius 1 is 0.511 bits per heavy atom. The lowest BCUT2D eigenvalue weighted by Crippen LogP contribution is -2.16. The predicted octanol–water partition coefficient (Wildman–Crippen LogP) is 9.15. The van der Waals surface area contributed by atoms with Crippen molar-refractivity contribution < 1.29 is 52.7 Å². The normalized spacial score (nSPS) is 20.7. The first-order chi connectivity index (χ1) is 21.7. The molecule has 0 amide bonds. The Labute approximate surface area is 254 Å². The van der Waals surface area contributed by atoms with Gasteiger partial charge in [-0.3, -0.25) is 0 Å². The minimum atomic E-state index is -5.51. The average Bonchev–Trinajstić information content (AvgIpc) is 3.41. The zero-order valence-electron chi connectivity index (χ0n) is 22.4. The number of fused-ring (bicyclic) bond motifs is 8. The van der Waals surface area contributed by atoms with Gasteiger partial charge in [0.15, 0.2) is 0 Å². The van der Waals surface area contributed by atoms with E-state index in [4.69, 9.17) is 0 Å². The van der Waals surface area contributed by atoms with Crippen molar-refractivity contribution in [1.29, 1.82) is 21.0 Å². The van der Waals surface area contributed by atoms with Gasteiger partial charge in [0.05, 0.1) is 51.6 Å². The van der Waals surface area contributed by atoms with E-state index in [1.807, 2.05) is 0 Å². The largest absolute Gasteiger partial charge is 0.417 e. The maximum atomic E-state index is 14.5. The molecule has 0 N–H and O–H groups in total. The van der Waals surface area contributed by atoms with Crippen molar-refractivity contribution in [3.63, 3.8) is 0 Å².